The molecule has 1 fully saturated rings. The van der Waals surface area contributed by atoms with E-state index in [0.717, 1.165) is 10.9 Å². The number of rotatable bonds is 3. The molecule has 2 amide bonds. The number of fused-ring (bicyclic) bond motifs is 1. The van der Waals surface area contributed by atoms with Gasteiger partial charge in [0.25, 0.3) is 5.91 Å². The standard InChI is InChI=1S/C19H22N2O5/c1-11-12(2)19(24)26-16-9-14(5-6-15(11)16)25-13(3)18(23)21-8-4-7-20-17(22)10-21/h5-6,9,13H,4,7-8,10H2,1-3H3,(H,20,22). The van der Waals surface area contributed by atoms with Crippen molar-refractivity contribution in [2.45, 2.75) is 33.3 Å². The Balaban J connectivity index is 1.79. The fourth-order valence-electron chi connectivity index (χ4n) is 3.01. The van der Waals surface area contributed by atoms with Crippen LogP contribution in [0.25, 0.3) is 11.0 Å². The second kappa shape index (κ2) is 7.19. The van der Waals surface area contributed by atoms with Crippen LogP contribution < -0.4 is 15.7 Å². The molecule has 1 aromatic heterocycles. The van der Waals surface area contributed by atoms with E-state index in [0.29, 0.717) is 36.4 Å². The van der Waals surface area contributed by atoms with E-state index in [2.05, 4.69) is 5.32 Å². The van der Waals surface area contributed by atoms with Gasteiger partial charge in [0.2, 0.25) is 5.91 Å². The molecule has 26 heavy (non-hydrogen) atoms. The molecule has 0 saturated carbocycles. The second-order valence-electron chi connectivity index (χ2n) is 6.52. The highest BCUT2D eigenvalue weighted by Gasteiger charge is 2.25. The molecule has 0 radical (unpaired) electrons. The number of amides is 2. The van der Waals surface area contributed by atoms with Gasteiger partial charge in [0.15, 0.2) is 6.10 Å². The van der Waals surface area contributed by atoms with E-state index in [4.69, 9.17) is 9.15 Å². The Morgan fingerprint density at radius 2 is 2.04 bits per heavy atom. The molecule has 1 N–H and O–H groups in total. The van der Waals surface area contributed by atoms with E-state index in [1.807, 2.05) is 13.0 Å². The molecule has 1 atom stereocenters. The zero-order valence-corrected chi connectivity index (χ0v) is 15.1. The highest BCUT2D eigenvalue weighted by Crippen LogP contribution is 2.24. The summed E-state index contributed by atoms with van der Waals surface area (Å²) in [5.41, 5.74) is 1.48. The third kappa shape index (κ3) is 3.56. The Hall–Kier alpha value is -2.83. The monoisotopic (exact) mass is 358 g/mol. The van der Waals surface area contributed by atoms with Crippen LogP contribution in [0.15, 0.2) is 27.4 Å². The number of aryl methyl sites for hydroxylation is 1. The van der Waals surface area contributed by atoms with Gasteiger partial charge in [-0.25, -0.2) is 4.79 Å². The van der Waals surface area contributed by atoms with Crippen molar-refractivity contribution < 1.29 is 18.7 Å². The minimum Gasteiger partial charge on any atom is -0.481 e. The van der Waals surface area contributed by atoms with Crippen molar-refractivity contribution in [1.82, 2.24) is 10.2 Å². The molecule has 3 rings (SSSR count). The number of hydrogen-bond donors (Lipinski definition) is 1. The van der Waals surface area contributed by atoms with Crippen molar-refractivity contribution in [3.05, 3.63) is 39.7 Å². The van der Waals surface area contributed by atoms with Crippen LogP contribution in [-0.2, 0) is 9.59 Å². The third-order valence-corrected chi connectivity index (χ3v) is 4.66. The SMILES string of the molecule is Cc1c(C)c2ccc(OC(C)C(=O)N3CCCNC(=O)C3)cc2oc1=O. The first-order chi connectivity index (χ1) is 12.4. The summed E-state index contributed by atoms with van der Waals surface area (Å²) in [5.74, 6) is 0.0223. The summed E-state index contributed by atoms with van der Waals surface area (Å²) in [5, 5.41) is 3.57. The quantitative estimate of drug-likeness (QED) is 0.841. The van der Waals surface area contributed by atoms with Crippen molar-refractivity contribution in [3.63, 3.8) is 0 Å². The molecule has 138 valence electrons. The number of ether oxygens (including phenoxy) is 1. The lowest BCUT2D eigenvalue weighted by Crippen LogP contribution is -2.43. The number of carbonyl (C=O) groups is 2. The number of benzene rings is 1. The summed E-state index contributed by atoms with van der Waals surface area (Å²) < 4.78 is 11.1. The van der Waals surface area contributed by atoms with Crippen molar-refractivity contribution in [2.24, 2.45) is 0 Å². The van der Waals surface area contributed by atoms with Gasteiger partial charge in [0, 0.05) is 30.1 Å². The largest absolute Gasteiger partial charge is 0.481 e. The van der Waals surface area contributed by atoms with Crippen molar-refractivity contribution in [2.75, 3.05) is 19.6 Å². The van der Waals surface area contributed by atoms with E-state index in [1.54, 1.807) is 26.0 Å². The molecule has 1 aromatic carbocycles. The molecular weight excluding hydrogens is 336 g/mol. The van der Waals surface area contributed by atoms with Gasteiger partial charge >= 0.3 is 5.63 Å². The summed E-state index contributed by atoms with van der Waals surface area (Å²) in [4.78, 5) is 37.6. The first-order valence-electron chi connectivity index (χ1n) is 8.63. The lowest BCUT2D eigenvalue weighted by Gasteiger charge is -2.23. The highest BCUT2D eigenvalue weighted by atomic mass is 16.5. The molecular formula is C19H22N2O5. The third-order valence-electron chi connectivity index (χ3n) is 4.66. The summed E-state index contributed by atoms with van der Waals surface area (Å²) in [7, 11) is 0. The van der Waals surface area contributed by atoms with Crippen LogP contribution >= 0.6 is 0 Å². The summed E-state index contributed by atoms with van der Waals surface area (Å²) >= 11 is 0. The van der Waals surface area contributed by atoms with Gasteiger partial charge in [0.05, 0.1) is 6.54 Å². The Bertz CT molecular complexity index is 918. The maximum Gasteiger partial charge on any atom is 0.339 e. The first kappa shape index (κ1) is 18.0. The minimum atomic E-state index is -0.753. The van der Waals surface area contributed by atoms with Gasteiger partial charge in [-0.15, -0.1) is 0 Å². The molecule has 1 aliphatic rings. The second-order valence-corrected chi connectivity index (χ2v) is 6.52. The molecule has 0 aliphatic carbocycles. The first-order valence-corrected chi connectivity index (χ1v) is 8.63. The van der Waals surface area contributed by atoms with Crippen molar-refractivity contribution >= 4 is 22.8 Å². The van der Waals surface area contributed by atoms with Crippen LogP contribution in [0.5, 0.6) is 5.75 Å². The Morgan fingerprint density at radius 3 is 2.81 bits per heavy atom. The fraction of sp³-hybridized carbons (Fsp3) is 0.421. The van der Waals surface area contributed by atoms with E-state index in [9.17, 15) is 14.4 Å². The van der Waals surface area contributed by atoms with Crippen LogP contribution in [0.3, 0.4) is 0 Å². The minimum absolute atomic E-state index is 0.0393. The summed E-state index contributed by atoms with van der Waals surface area (Å²) in [6, 6.07) is 5.17. The molecule has 0 spiro atoms. The molecule has 1 unspecified atom stereocenters. The lowest BCUT2D eigenvalue weighted by atomic mass is 10.1. The molecule has 2 heterocycles. The topological polar surface area (TPSA) is 88.8 Å². The average Bonchev–Trinajstić information content (AvgIpc) is 2.83. The Labute approximate surface area is 150 Å². The number of hydrogen-bond acceptors (Lipinski definition) is 5. The van der Waals surface area contributed by atoms with Crippen LogP contribution in [-0.4, -0.2) is 42.5 Å². The van der Waals surface area contributed by atoms with Crippen molar-refractivity contribution in [3.8, 4) is 5.75 Å². The van der Waals surface area contributed by atoms with Gasteiger partial charge in [-0.05, 0) is 44.9 Å². The molecule has 7 heteroatoms. The maximum atomic E-state index is 12.6. The van der Waals surface area contributed by atoms with Gasteiger partial charge in [-0.3, -0.25) is 9.59 Å². The molecule has 7 nitrogen and oxygen atoms in total. The van der Waals surface area contributed by atoms with Crippen LogP contribution in [0.4, 0.5) is 0 Å². The van der Waals surface area contributed by atoms with Crippen molar-refractivity contribution in [1.29, 1.82) is 0 Å². The number of carbonyl (C=O) groups excluding carboxylic acids is 2. The maximum absolute atomic E-state index is 12.6. The van der Waals surface area contributed by atoms with E-state index in [-0.39, 0.29) is 24.0 Å². The van der Waals surface area contributed by atoms with Crippen LogP contribution in [0.2, 0.25) is 0 Å². The fourth-order valence-corrected chi connectivity index (χ4v) is 3.01. The predicted molar refractivity (Wildman–Crippen MR) is 96.3 cm³/mol. The van der Waals surface area contributed by atoms with E-state index in [1.165, 1.54) is 4.90 Å². The Morgan fingerprint density at radius 1 is 1.27 bits per heavy atom. The smallest absolute Gasteiger partial charge is 0.339 e. The zero-order chi connectivity index (χ0) is 18.8. The predicted octanol–water partition coefficient (Wildman–Crippen LogP) is 1.53. The zero-order valence-electron chi connectivity index (χ0n) is 15.1. The average molecular weight is 358 g/mol. The lowest BCUT2D eigenvalue weighted by molar-refractivity contribution is -0.140. The van der Waals surface area contributed by atoms with Gasteiger partial charge in [-0.1, -0.05) is 0 Å². The molecule has 1 saturated heterocycles. The highest BCUT2D eigenvalue weighted by molar-refractivity contribution is 5.87. The van der Waals surface area contributed by atoms with Gasteiger partial charge in [-0.2, -0.15) is 0 Å². The van der Waals surface area contributed by atoms with Gasteiger partial charge < -0.3 is 19.4 Å². The van der Waals surface area contributed by atoms with Gasteiger partial charge in [0.1, 0.15) is 11.3 Å². The van der Waals surface area contributed by atoms with Crippen LogP contribution in [0, 0.1) is 13.8 Å². The molecule has 1 aliphatic heterocycles. The van der Waals surface area contributed by atoms with E-state index < -0.39 is 6.10 Å². The van der Waals surface area contributed by atoms with E-state index >= 15 is 0 Å². The summed E-state index contributed by atoms with van der Waals surface area (Å²) in [6.07, 6.45) is -0.0409. The number of nitrogens with zero attached hydrogens (tertiary/aromatic N) is 1. The number of nitrogens with one attached hydrogen (secondary N) is 1. The molecule has 2 aromatic rings. The van der Waals surface area contributed by atoms with Crippen LogP contribution in [0.1, 0.15) is 24.5 Å². The summed E-state index contributed by atoms with van der Waals surface area (Å²) in [6.45, 7) is 6.36. The Kier molecular flexibility index (Phi) is 4.97. The normalized spacial score (nSPS) is 16.1. The molecule has 0 bridgehead atoms.